The maximum atomic E-state index is 11.6. The summed E-state index contributed by atoms with van der Waals surface area (Å²) in [6.07, 6.45) is 2.69. The fraction of sp³-hybridized carbons (Fsp3) is 0.533. The Kier molecular flexibility index (Phi) is 5.73. The van der Waals surface area contributed by atoms with Gasteiger partial charge in [0, 0.05) is 22.8 Å². The molecule has 0 aliphatic rings. The first kappa shape index (κ1) is 15.1. The number of hydrogen-bond donors (Lipinski definition) is 0. The fourth-order valence-electron chi connectivity index (χ4n) is 2.04. The quantitative estimate of drug-likeness (QED) is 0.793. The molecule has 0 bridgehead atoms. The van der Waals surface area contributed by atoms with Crippen LogP contribution in [0, 0.1) is 5.92 Å². The molecule has 0 aliphatic heterocycles. The van der Waals surface area contributed by atoms with Gasteiger partial charge in [0.05, 0.1) is 5.92 Å². The maximum Gasteiger partial charge on any atom is 0.138 e. The number of ketones is 1. The van der Waals surface area contributed by atoms with E-state index < -0.39 is 10.8 Å². The summed E-state index contributed by atoms with van der Waals surface area (Å²) in [6, 6.07) is 8.14. The number of Topliss-reactive ketones (excluding diaryl/α,β-unsaturated/α-hetero) is 1. The first-order valence-corrected chi connectivity index (χ1v) is 8.02. The number of carbonyl (C=O) groups excluding carboxylic acids is 1. The van der Waals surface area contributed by atoms with Gasteiger partial charge in [-0.1, -0.05) is 38.1 Å². The van der Waals surface area contributed by atoms with Crippen LogP contribution in [0.2, 0.25) is 0 Å². The van der Waals surface area contributed by atoms with Crippen molar-refractivity contribution in [2.45, 2.75) is 33.1 Å². The minimum atomic E-state index is -0.952. The molecular formula is C15H22O2S. The molecule has 0 radical (unpaired) electrons. The van der Waals surface area contributed by atoms with Crippen LogP contribution in [0.5, 0.6) is 0 Å². The van der Waals surface area contributed by atoms with Crippen molar-refractivity contribution < 1.29 is 9.00 Å². The number of rotatable bonds is 6. The van der Waals surface area contributed by atoms with Crippen LogP contribution in [0.1, 0.15) is 37.8 Å². The summed E-state index contributed by atoms with van der Waals surface area (Å²) in [5.74, 6) is 0.895. The lowest BCUT2D eigenvalue weighted by Crippen LogP contribution is -2.16. The van der Waals surface area contributed by atoms with Crippen molar-refractivity contribution in [1.82, 2.24) is 0 Å². The van der Waals surface area contributed by atoms with Crippen LogP contribution in [-0.4, -0.2) is 22.0 Å². The highest BCUT2D eigenvalue weighted by Crippen LogP contribution is 2.19. The zero-order valence-electron chi connectivity index (χ0n) is 11.6. The van der Waals surface area contributed by atoms with Crippen LogP contribution in [0.25, 0.3) is 0 Å². The summed E-state index contributed by atoms with van der Waals surface area (Å²) in [5, 5.41) is 0. The van der Waals surface area contributed by atoms with Gasteiger partial charge in [-0.2, -0.15) is 0 Å². The molecule has 0 amide bonds. The molecule has 0 aliphatic carbocycles. The van der Waals surface area contributed by atoms with E-state index in [2.05, 4.69) is 26.0 Å². The lowest BCUT2D eigenvalue weighted by atomic mass is 9.94. The standard InChI is InChI=1S/C15H22O2S/c1-11(2)9-13-5-7-14(8-6-13)15(12(3)16)10-18(4)17/h5-8,11,15H,9-10H2,1-4H3. The monoisotopic (exact) mass is 266 g/mol. The average Bonchev–Trinajstić information content (AvgIpc) is 2.26. The summed E-state index contributed by atoms with van der Waals surface area (Å²) >= 11 is 0. The molecular weight excluding hydrogens is 244 g/mol. The third-order valence-electron chi connectivity index (χ3n) is 2.92. The van der Waals surface area contributed by atoms with Gasteiger partial charge in [0.1, 0.15) is 5.78 Å². The Balaban J connectivity index is 2.86. The second-order valence-electron chi connectivity index (χ2n) is 5.24. The fourth-order valence-corrected chi connectivity index (χ4v) is 2.94. The molecule has 1 aromatic rings. The molecule has 0 fully saturated rings. The highest BCUT2D eigenvalue weighted by atomic mass is 32.2. The molecule has 0 saturated carbocycles. The number of carbonyl (C=O) groups is 1. The van der Waals surface area contributed by atoms with Crippen LogP contribution >= 0.6 is 0 Å². The van der Waals surface area contributed by atoms with E-state index in [0.29, 0.717) is 11.7 Å². The van der Waals surface area contributed by atoms with Crippen molar-refractivity contribution in [2.75, 3.05) is 12.0 Å². The van der Waals surface area contributed by atoms with E-state index in [4.69, 9.17) is 0 Å². The molecule has 0 heterocycles. The van der Waals surface area contributed by atoms with Gasteiger partial charge in [-0.25, -0.2) is 0 Å². The molecule has 2 atom stereocenters. The van der Waals surface area contributed by atoms with E-state index in [9.17, 15) is 9.00 Å². The molecule has 2 nitrogen and oxygen atoms in total. The summed E-state index contributed by atoms with van der Waals surface area (Å²) < 4.78 is 11.3. The Hall–Kier alpha value is -0.960. The van der Waals surface area contributed by atoms with E-state index in [1.807, 2.05) is 12.1 Å². The smallest absolute Gasteiger partial charge is 0.138 e. The number of benzene rings is 1. The van der Waals surface area contributed by atoms with Gasteiger partial charge >= 0.3 is 0 Å². The van der Waals surface area contributed by atoms with Gasteiger partial charge in [-0.3, -0.25) is 9.00 Å². The van der Waals surface area contributed by atoms with Crippen molar-refractivity contribution >= 4 is 16.6 Å². The highest BCUT2D eigenvalue weighted by Gasteiger charge is 2.18. The summed E-state index contributed by atoms with van der Waals surface area (Å²) in [6.45, 7) is 5.94. The molecule has 0 N–H and O–H groups in total. The Morgan fingerprint density at radius 3 is 2.17 bits per heavy atom. The van der Waals surface area contributed by atoms with E-state index >= 15 is 0 Å². The molecule has 18 heavy (non-hydrogen) atoms. The topological polar surface area (TPSA) is 34.1 Å². The molecule has 1 rings (SSSR count). The third-order valence-corrected chi connectivity index (χ3v) is 3.72. The van der Waals surface area contributed by atoms with E-state index in [1.54, 1.807) is 13.2 Å². The highest BCUT2D eigenvalue weighted by molar-refractivity contribution is 7.84. The Bertz CT molecular complexity index is 421. The van der Waals surface area contributed by atoms with Crippen molar-refractivity contribution in [3.05, 3.63) is 35.4 Å². The SMILES string of the molecule is CC(=O)C(CS(C)=O)c1ccc(CC(C)C)cc1. The molecule has 0 spiro atoms. The minimum absolute atomic E-state index is 0.0850. The van der Waals surface area contributed by atoms with Crippen molar-refractivity contribution in [3.63, 3.8) is 0 Å². The van der Waals surface area contributed by atoms with Crippen molar-refractivity contribution in [2.24, 2.45) is 5.92 Å². The Morgan fingerprint density at radius 1 is 1.22 bits per heavy atom. The normalized spacial score (nSPS) is 14.5. The van der Waals surface area contributed by atoms with Crippen LogP contribution in [0.4, 0.5) is 0 Å². The zero-order valence-corrected chi connectivity index (χ0v) is 12.4. The zero-order chi connectivity index (χ0) is 13.7. The first-order chi connectivity index (χ1) is 8.40. The third kappa shape index (κ3) is 4.73. The van der Waals surface area contributed by atoms with E-state index in [-0.39, 0.29) is 11.7 Å². The maximum absolute atomic E-state index is 11.6. The number of hydrogen-bond acceptors (Lipinski definition) is 2. The van der Waals surface area contributed by atoms with Gasteiger partial charge in [-0.15, -0.1) is 0 Å². The van der Waals surface area contributed by atoms with Crippen molar-refractivity contribution in [3.8, 4) is 0 Å². The summed E-state index contributed by atoms with van der Waals surface area (Å²) in [7, 11) is -0.952. The molecule has 0 aromatic heterocycles. The van der Waals surface area contributed by atoms with E-state index in [1.165, 1.54) is 5.56 Å². The lowest BCUT2D eigenvalue weighted by molar-refractivity contribution is -0.117. The van der Waals surface area contributed by atoms with Gasteiger partial charge < -0.3 is 0 Å². The second-order valence-corrected chi connectivity index (χ2v) is 6.72. The van der Waals surface area contributed by atoms with E-state index in [0.717, 1.165) is 12.0 Å². The first-order valence-electron chi connectivity index (χ1n) is 6.29. The Labute approximate surface area is 112 Å². The molecule has 2 unspecified atom stereocenters. The van der Waals surface area contributed by atoms with Gasteiger partial charge in [-0.05, 0) is 30.4 Å². The summed E-state index contributed by atoms with van der Waals surface area (Å²) in [5.41, 5.74) is 2.26. The largest absolute Gasteiger partial charge is 0.299 e. The predicted molar refractivity (Wildman–Crippen MR) is 77.3 cm³/mol. The minimum Gasteiger partial charge on any atom is -0.299 e. The predicted octanol–water partition coefficient (Wildman–Crippen LogP) is 2.94. The van der Waals surface area contributed by atoms with Crippen LogP contribution in [-0.2, 0) is 22.0 Å². The molecule has 3 heteroatoms. The average molecular weight is 266 g/mol. The lowest BCUT2D eigenvalue weighted by Gasteiger charge is -2.13. The summed E-state index contributed by atoms with van der Waals surface area (Å²) in [4.78, 5) is 11.6. The molecule has 0 saturated heterocycles. The van der Waals surface area contributed by atoms with Crippen LogP contribution < -0.4 is 0 Å². The van der Waals surface area contributed by atoms with Crippen LogP contribution in [0.15, 0.2) is 24.3 Å². The molecule has 100 valence electrons. The van der Waals surface area contributed by atoms with Gasteiger partial charge in [0.15, 0.2) is 0 Å². The van der Waals surface area contributed by atoms with Crippen LogP contribution in [0.3, 0.4) is 0 Å². The second kappa shape index (κ2) is 6.83. The Morgan fingerprint density at radius 2 is 1.78 bits per heavy atom. The van der Waals surface area contributed by atoms with Gasteiger partial charge in [0.2, 0.25) is 0 Å². The van der Waals surface area contributed by atoms with Gasteiger partial charge in [0.25, 0.3) is 0 Å². The molecule has 1 aromatic carbocycles. The van der Waals surface area contributed by atoms with Crippen molar-refractivity contribution in [1.29, 1.82) is 0 Å².